The molecule has 1 aliphatic heterocycles. The number of hydrazine groups is 1. The number of fused-ring (bicyclic) bond motifs is 3. The van der Waals surface area contributed by atoms with Crippen molar-refractivity contribution in [2.24, 2.45) is 4.99 Å². The van der Waals surface area contributed by atoms with Gasteiger partial charge in [-0.25, -0.2) is 4.99 Å². The fourth-order valence-electron chi connectivity index (χ4n) is 1.81. The van der Waals surface area contributed by atoms with Gasteiger partial charge >= 0.3 is 0 Å². The summed E-state index contributed by atoms with van der Waals surface area (Å²) in [6, 6.07) is 8.00. The van der Waals surface area contributed by atoms with Crippen molar-refractivity contribution in [3.05, 3.63) is 30.5 Å². The monoisotopic (exact) mass is 227 g/mol. The molecule has 2 aromatic rings. The highest BCUT2D eigenvalue weighted by atomic mass is 15.5. The Bertz CT molecular complexity index is 603. The topological polar surface area (TPSA) is 52.6 Å². The van der Waals surface area contributed by atoms with E-state index in [0.29, 0.717) is 0 Å². The molecule has 2 N–H and O–H groups in total. The highest BCUT2D eigenvalue weighted by Crippen LogP contribution is 2.33. The van der Waals surface area contributed by atoms with Crippen LogP contribution in [-0.2, 0) is 0 Å². The van der Waals surface area contributed by atoms with E-state index >= 15 is 0 Å². The van der Waals surface area contributed by atoms with Gasteiger partial charge < -0.3 is 4.90 Å². The minimum Gasteiger partial charge on any atom is -0.347 e. The van der Waals surface area contributed by atoms with E-state index < -0.39 is 0 Å². The predicted molar refractivity (Wildman–Crippen MR) is 69.3 cm³/mol. The normalized spacial score (nSPS) is 13.4. The lowest BCUT2D eigenvalue weighted by atomic mass is 10.1. The zero-order chi connectivity index (χ0) is 11.8. The van der Waals surface area contributed by atoms with Crippen LogP contribution in [0.15, 0.2) is 35.5 Å². The molecule has 5 heteroatoms. The van der Waals surface area contributed by atoms with Crippen LogP contribution in [0.25, 0.3) is 10.9 Å². The summed E-state index contributed by atoms with van der Waals surface area (Å²) in [7, 11) is 3.89. The van der Waals surface area contributed by atoms with Gasteiger partial charge in [-0.1, -0.05) is 18.2 Å². The SMILES string of the molecule is CN(C)C1=Nc2c(cnc3ccccc23)NN1. The van der Waals surface area contributed by atoms with Gasteiger partial charge in [-0.2, -0.15) is 0 Å². The summed E-state index contributed by atoms with van der Waals surface area (Å²) in [6.45, 7) is 0. The summed E-state index contributed by atoms with van der Waals surface area (Å²) >= 11 is 0. The highest BCUT2D eigenvalue weighted by Gasteiger charge is 2.14. The van der Waals surface area contributed by atoms with E-state index in [1.807, 2.05) is 43.3 Å². The van der Waals surface area contributed by atoms with Crippen molar-refractivity contribution in [1.82, 2.24) is 15.3 Å². The first-order valence-electron chi connectivity index (χ1n) is 5.41. The molecule has 2 heterocycles. The molecule has 1 aliphatic rings. The number of pyridine rings is 1. The first-order chi connectivity index (χ1) is 8.25. The van der Waals surface area contributed by atoms with Gasteiger partial charge in [0.25, 0.3) is 0 Å². The van der Waals surface area contributed by atoms with Crippen LogP contribution in [-0.4, -0.2) is 29.9 Å². The Labute approximate surface area is 99.1 Å². The molecule has 0 radical (unpaired) electrons. The van der Waals surface area contributed by atoms with Crippen LogP contribution in [0.2, 0.25) is 0 Å². The number of aromatic nitrogens is 1. The molecule has 0 atom stereocenters. The third kappa shape index (κ3) is 1.56. The fraction of sp³-hybridized carbons (Fsp3) is 0.167. The Morgan fingerprint density at radius 2 is 1.94 bits per heavy atom. The molecular weight excluding hydrogens is 214 g/mol. The second kappa shape index (κ2) is 3.62. The number of guanidine groups is 1. The third-order valence-electron chi connectivity index (χ3n) is 2.70. The number of anilines is 1. The van der Waals surface area contributed by atoms with Crippen molar-refractivity contribution >= 4 is 28.2 Å². The second-order valence-corrected chi connectivity index (χ2v) is 4.12. The van der Waals surface area contributed by atoms with E-state index in [9.17, 15) is 0 Å². The summed E-state index contributed by atoms with van der Waals surface area (Å²) in [5.41, 5.74) is 8.91. The van der Waals surface area contributed by atoms with Crippen molar-refractivity contribution in [1.29, 1.82) is 0 Å². The summed E-state index contributed by atoms with van der Waals surface area (Å²) in [6.07, 6.45) is 1.79. The maximum atomic E-state index is 4.60. The number of hydrogen-bond donors (Lipinski definition) is 2. The Balaban J connectivity index is 2.26. The van der Waals surface area contributed by atoms with Gasteiger partial charge in [-0.15, -0.1) is 0 Å². The molecule has 1 aromatic carbocycles. The molecular formula is C12H13N5. The lowest BCUT2D eigenvalue weighted by Crippen LogP contribution is -2.41. The first kappa shape index (κ1) is 9.89. The molecule has 5 nitrogen and oxygen atoms in total. The maximum absolute atomic E-state index is 4.60. The van der Waals surface area contributed by atoms with Crippen molar-refractivity contribution < 1.29 is 0 Å². The third-order valence-corrected chi connectivity index (χ3v) is 2.70. The largest absolute Gasteiger partial charge is 0.347 e. The molecule has 0 saturated carbocycles. The van der Waals surface area contributed by atoms with Gasteiger partial charge in [0.15, 0.2) is 0 Å². The zero-order valence-electron chi connectivity index (χ0n) is 9.73. The number of para-hydroxylation sites is 1. The second-order valence-electron chi connectivity index (χ2n) is 4.12. The van der Waals surface area contributed by atoms with Crippen LogP contribution in [0.4, 0.5) is 11.4 Å². The Hall–Kier alpha value is -2.30. The molecule has 17 heavy (non-hydrogen) atoms. The number of nitrogens with one attached hydrogen (secondary N) is 2. The molecule has 0 fully saturated rings. The van der Waals surface area contributed by atoms with Gasteiger partial charge in [0.1, 0.15) is 5.69 Å². The highest BCUT2D eigenvalue weighted by molar-refractivity contribution is 6.01. The summed E-state index contributed by atoms with van der Waals surface area (Å²) in [5, 5.41) is 1.05. The molecule has 0 spiro atoms. The van der Waals surface area contributed by atoms with Crippen LogP contribution < -0.4 is 10.9 Å². The number of hydrogen-bond acceptors (Lipinski definition) is 5. The van der Waals surface area contributed by atoms with E-state index in [-0.39, 0.29) is 0 Å². The van der Waals surface area contributed by atoms with E-state index in [2.05, 4.69) is 20.8 Å². The Morgan fingerprint density at radius 3 is 2.76 bits per heavy atom. The molecule has 3 rings (SSSR count). The summed E-state index contributed by atoms with van der Waals surface area (Å²) in [5.74, 6) is 0.786. The van der Waals surface area contributed by atoms with Gasteiger partial charge in [0.05, 0.1) is 17.4 Å². The molecule has 0 saturated heterocycles. The average molecular weight is 227 g/mol. The van der Waals surface area contributed by atoms with Crippen LogP contribution in [0.5, 0.6) is 0 Å². The van der Waals surface area contributed by atoms with E-state index in [4.69, 9.17) is 0 Å². The standard InChI is InChI=1S/C12H13N5/c1-17(2)12-14-11-8-5-3-4-6-9(8)13-7-10(11)15-16-12/h3-7,15H,1-2H3,(H,14,16). The fourth-order valence-corrected chi connectivity index (χ4v) is 1.81. The number of nitrogens with zero attached hydrogens (tertiary/aromatic N) is 3. The van der Waals surface area contributed by atoms with E-state index in [1.165, 1.54) is 0 Å². The van der Waals surface area contributed by atoms with Crippen LogP contribution in [0.3, 0.4) is 0 Å². The van der Waals surface area contributed by atoms with Crippen molar-refractivity contribution in [2.45, 2.75) is 0 Å². The lowest BCUT2D eigenvalue weighted by Gasteiger charge is -2.24. The van der Waals surface area contributed by atoms with Crippen LogP contribution in [0.1, 0.15) is 0 Å². The molecule has 0 amide bonds. The zero-order valence-corrected chi connectivity index (χ0v) is 9.73. The van der Waals surface area contributed by atoms with Crippen molar-refractivity contribution in [2.75, 3.05) is 19.5 Å². The summed E-state index contributed by atoms with van der Waals surface area (Å²) < 4.78 is 0. The number of benzene rings is 1. The predicted octanol–water partition coefficient (Wildman–Crippen LogP) is 1.71. The maximum Gasteiger partial charge on any atom is 0.217 e. The number of aliphatic imine (C=N–C) groups is 1. The smallest absolute Gasteiger partial charge is 0.217 e. The van der Waals surface area contributed by atoms with Gasteiger partial charge in [-0.05, 0) is 6.07 Å². The van der Waals surface area contributed by atoms with Crippen LogP contribution in [0, 0.1) is 0 Å². The molecule has 1 aromatic heterocycles. The van der Waals surface area contributed by atoms with Gasteiger partial charge in [0.2, 0.25) is 5.96 Å². The molecule has 0 bridgehead atoms. The van der Waals surface area contributed by atoms with Gasteiger partial charge in [0, 0.05) is 19.5 Å². The quantitative estimate of drug-likeness (QED) is 0.719. The molecule has 0 aliphatic carbocycles. The van der Waals surface area contributed by atoms with Crippen molar-refractivity contribution in [3.8, 4) is 0 Å². The molecule has 0 unspecified atom stereocenters. The summed E-state index contributed by atoms with van der Waals surface area (Å²) in [4.78, 5) is 10.9. The minimum atomic E-state index is 0.786. The minimum absolute atomic E-state index is 0.786. The number of rotatable bonds is 0. The van der Waals surface area contributed by atoms with Crippen LogP contribution >= 0.6 is 0 Å². The lowest BCUT2D eigenvalue weighted by molar-refractivity contribution is 0.594. The Morgan fingerprint density at radius 1 is 1.12 bits per heavy atom. The Kier molecular flexibility index (Phi) is 2.11. The van der Waals surface area contributed by atoms with Crippen molar-refractivity contribution in [3.63, 3.8) is 0 Å². The van der Waals surface area contributed by atoms with E-state index in [1.54, 1.807) is 6.20 Å². The average Bonchev–Trinajstić information content (AvgIpc) is 2.38. The molecule has 86 valence electrons. The van der Waals surface area contributed by atoms with E-state index in [0.717, 1.165) is 28.2 Å². The van der Waals surface area contributed by atoms with Gasteiger partial charge in [-0.3, -0.25) is 15.8 Å². The first-order valence-corrected chi connectivity index (χ1v) is 5.41.